The SMILES string of the molecule is C#CC1=C(O)C(O)=C(C#C)C(O)C1O. The van der Waals surface area contributed by atoms with Crippen LogP contribution in [0.3, 0.4) is 0 Å². The first kappa shape index (κ1) is 10.2. The predicted octanol–water partition coefficient (Wildman–Crippen LogP) is -0.388. The van der Waals surface area contributed by atoms with Crippen LogP contribution in [-0.2, 0) is 0 Å². The van der Waals surface area contributed by atoms with Gasteiger partial charge >= 0.3 is 0 Å². The molecule has 0 heterocycles. The molecule has 0 saturated carbocycles. The molecule has 4 nitrogen and oxygen atoms in total. The number of hydrogen-bond acceptors (Lipinski definition) is 4. The van der Waals surface area contributed by atoms with Crippen LogP contribution >= 0.6 is 0 Å². The second kappa shape index (κ2) is 3.47. The second-order valence-electron chi connectivity index (χ2n) is 2.70. The summed E-state index contributed by atoms with van der Waals surface area (Å²) in [6.45, 7) is 0. The van der Waals surface area contributed by atoms with Crippen LogP contribution in [0.15, 0.2) is 22.7 Å². The molecule has 2 unspecified atom stereocenters. The van der Waals surface area contributed by atoms with Crippen LogP contribution in [0.1, 0.15) is 0 Å². The third-order valence-corrected chi connectivity index (χ3v) is 1.94. The average Bonchev–Trinajstić information content (AvgIpc) is 2.17. The van der Waals surface area contributed by atoms with Gasteiger partial charge in [0.2, 0.25) is 0 Å². The first-order valence-electron chi connectivity index (χ1n) is 3.70. The minimum Gasteiger partial charge on any atom is -0.504 e. The number of aliphatic hydroxyl groups is 4. The lowest BCUT2D eigenvalue weighted by Crippen LogP contribution is -2.34. The first-order valence-corrected chi connectivity index (χ1v) is 3.70. The average molecular weight is 192 g/mol. The third-order valence-electron chi connectivity index (χ3n) is 1.94. The molecule has 14 heavy (non-hydrogen) atoms. The maximum atomic E-state index is 9.38. The lowest BCUT2D eigenvalue weighted by molar-refractivity contribution is 0.0599. The van der Waals surface area contributed by atoms with E-state index in [4.69, 9.17) is 12.8 Å². The highest BCUT2D eigenvalue weighted by atomic mass is 16.3. The van der Waals surface area contributed by atoms with Crippen LogP contribution in [0.4, 0.5) is 0 Å². The van der Waals surface area contributed by atoms with Crippen LogP contribution in [0, 0.1) is 24.7 Å². The zero-order chi connectivity index (χ0) is 10.9. The minimum atomic E-state index is -1.48. The van der Waals surface area contributed by atoms with E-state index < -0.39 is 23.7 Å². The van der Waals surface area contributed by atoms with Gasteiger partial charge in [0, 0.05) is 0 Å². The normalized spacial score (nSPS) is 27.1. The summed E-state index contributed by atoms with van der Waals surface area (Å²) in [4.78, 5) is 0. The van der Waals surface area contributed by atoms with Gasteiger partial charge in [0.1, 0.15) is 12.2 Å². The van der Waals surface area contributed by atoms with Crippen molar-refractivity contribution >= 4 is 0 Å². The van der Waals surface area contributed by atoms with E-state index >= 15 is 0 Å². The molecule has 1 aliphatic carbocycles. The molecule has 0 aliphatic heterocycles. The zero-order valence-electron chi connectivity index (χ0n) is 7.10. The van der Waals surface area contributed by atoms with Gasteiger partial charge in [0.05, 0.1) is 11.1 Å². The molecule has 2 atom stereocenters. The van der Waals surface area contributed by atoms with Crippen molar-refractivity contribution in [1.82, 2.24) is 0 Å². The standard InChI is InChI=1S/C10H8O4/c1-3-5-7(11)9(13)6(4-2)10(14)8(5)12/h1-2,7,9,11-14H. The van der Waals surface area contributed by atoms with Gasteiger partial charge in [0.15, 0.2) is 11.5 Å². The fraction of sp³-hybridized carbons (Fsp3) is 0.200. The van der Waals surface area contributed by atoms with Crippen molar-refractivity contribution in [2.45, 2.75) is 12.2 Å². The number of terminal acetylenes is 2. The van der Waals surface area contributed by atoms with Crippen molar-refractivity contribution in [2.24, 2.45) is 0 Å². The Morgan fingerprint density at radius 3 is 1.36 bits per heavy atom. The van der Waals surface area contributed by atoms with Crippen molar-refractivity contribution < 1.29 is 20.4 Å². The van der Waals surface area contributed by atoms with Crippen molar-refractivity contribution in [3.8, 4) is 24.7 Å². The summed E-state index contributed by atoms with van der Waals surface area (Å²) >= 11 is 0. The molecule has 72 valence electrons. The fourth-order valence-electron chi connectivity index (χ4n) is 1.16. The van der Waals surface area contributed by atoms with E-state index in [1.54, 1.807) is 0 Å². The van der Waals surface area contributed by atoms with Crippen LogP contribution in [0.2, 0.25) is 0 Å². The maximum absolute atomic E-state index is 9.38. The quantitative estimate of drug-likeness (QED) is 0.394. The lowest BCUT2D eigenvalue weighted by Gasteiger charge is -2.24. The van der Waals surface area contributed by atoms with Crippen molar-refractivity contribution in [1.29, 1.82) is 0 Å². The molecule has 0 saturated heterocycles. The van der Waals surface area contributed by atoms with Gasteiger partial charge < -0.3 is 20.4 Å². The lowest BCUT2D eigenvalue weighted by atomic mass is 9.91. The Bertz CT molecular complexity index is 363. The van der Waals surface area contributed by atoms with E-state index in [-0.39, 0.29) is 11.1 Å². The minimum absolute atomic E-state index is 0.283. The van der Waals surface area contributed by atoms with Gasteiger partial charge in [-0.15, -0.1) is 12.8 Å². The highest BCUT2D eigenvalue weighted by Gasteiger charge is 2.34. The highest BCUT2D eigenvalue weighted by molar-refractivity contribution is 5.51. The van der Waals surface area contributed by atoms with Crippen molar-refractivity contribution in [3.05, 3.63) is 22.7 Å². The Labute approximate surface area is 80.8 Å². The van der Waals surface area contributed by atoms with Crippen molar-refractivity contribution in [2.75, 3.05) is 0 Å². The van der Waals surface area contributed by atoms with Crippen LogP contribution in [-0.4, -0.2) is 32.6 Å². The maximum Gasteiger partial charge on any atom is 0.173 e. The van der Waals surface area contributed by atoms with Gasteiger partial charge in [-0.05, 0) is 0 Å². The number of rotatable bonds is 0. The second-order valence-corrected chi connectivity index (χ2v) is 2.70. The van der Waals surface area contributed by atoms with Crippen LogP contribution < -0.4 is 0 Å². The summed E-state index contributed by atoms with van der Waals surface area (Å²) in [6, 6.07) is 0. The van der Waals surface area contributed by atoms with Gasteiger partial charge in [0.25, 0.3) is 0 Å². The molecule has 0 aromatic rings. The summed E-state index contributed by atoms with van der Waals surface area (Å²) in [5.74, 6) is 2.59. The van der Waals surface area contributed by atoms with E-state index in [1.165, 1.54) is 0 Å². The molecule has 1 rings (SSSR count). The summed E-state index contributed by atoms with van der Waals surface area (Å²) in [7, 11) is 0. The van der Waals surface area contributed by atoms with E-state index in [9.17, 15) is 20.4 Å². The Morgan fingerprint density at radius 1 is 0.857 bits per heavy atom. The van der Waals surface area contributed by atoms with Gasteiger partial charge in [-0.2, -0.15) is 0 Å². The Hall–Kier alpha value is -1.88. The Morgan fingerprint density at radius 2 is 1.14 bits per heavy atom. The summed E-state index contributed by atoms with van der Waals surface area (Å²) in [5, 5.41) is 37.3. The van der Waals surface area contributed by atoms with E-state index in [0.717, 1.165) is 0 Å². The molecule has 0 aromatic heterocycles. The predicted molar refractivity (Wildman–Crippen MR) is 49.0 cm³/mol. The Balaban J connectivity index is 3.39. The van der Waals surface area contributed by atoms with Gasteiger partial charge in [-0.25, -0.2) is 0 Å². The number of hydrogen-bond donors (Lipinski definition) is 4. The van der Waals surface area contributed by atoms with Gasteiger partial charge in [-0.1, -0.05) is 11.8 Å². The molecular weight excluding hydrogens is 184 g/mol. The van der Waals surface area contributed by atoms with Crippen LogP contribution in [0.5, 0.6) is 0 Å². The van der Waals surface area contributed by atoms with Gasteiger partial charge in [-0.3, -0.25) is 0 Å². The molecule has 0 spiro atoms. The summed E-state index contributed by atoms with van der Waals surface area (Å²) in [6.07, 6.45) is 6.97. The molecule has 4 heteroatoms. The summed E-state index contributed by atoms with van der Waals surface area (Å²) < 4.78 is 0. The van der Waals surface area contributed by atoms with Crippen LogP contribution in [0.25, 0.3) is 0 Å². The fourth-order valence-corrected chi connectivity index (χ4v) is 1.16. The summed E-state index contributed by atoms with van der Waals surface area (Å²) in [5.41, 5.74) is -0.567. The highest BCUT2D eigenvalue weighted by Crippen LogP contribution is 2.27. The van der Waals surface area contributed by atoms with Crippen molar-refractivity contribution in [3.63, 3.8) is 0 Å². The largest absolute Gasteiger partial charge is 0.504 e. The number of aliphatic hydroxyl groups excluding tert-OH is 4. The monoisotopic (exact) mass is 192 g/mol. The van der Waals surface area contributed by atoms with E-state index in [0.29, 0.717) is 0 Å². The molecule has 4 N–H and O–H groups in total. The molecule has 0 aromatic carbocycles. The smallest absolute Gasteiger partial charge is 0.173 e. The van der Waals surface area contributed by atoms with E-state index in [2.05, 4.69) is 0 Å². The third kappa shape index (κ3) is 1.23. The molecule has 0 fully saturated rings. The first-order chi connectivity index (χ1) is 6.54. The van der Waals surface area contributed by atoms with E-state index in [1.807, 2.05) is 11.8 Å². The zero-order valence-corrected chi connectivity index (χ0v) is 7.10. The molecule has 1 aliphatic rings. The Kier molecular flexibility index (Phi) is 2.53. The molecular formula is C10H8O4. The topological polar surface area (TPSA) is 80.9 Å². The molecule has 0 radical (unpaired) electrons. The molecule has 0 bridgehead atoms. The molecule has 0 amide bonds.